The average Bonchev–Trinajstić information content (AvgIpc) is 3.27. The number of aromatic nitrogens is 2. The van der Waals surface area contributed by atoms with E-state index in [1.807, 2.05) is 31.2 Å². The normalized spacial score (nSPS) is 17.1. The highest BCUT2D eigenvalue weighted by Gasteiger charge is 2.47. The molecule has 0 saturated carbocycles. The average molecular weight is 505 g/mol. The molecule has 0 bridgehead atoms. The predicted octanol–water partition coefficient (Wildman–Crippen LogP) is 4.49. The molecule has 0 spiro atoms. The Morgan fingerprint density at radius 3 is 2.46 bits per heavy atom. The van der Waals surface area contributed by atoms with E-state index in [0.29, 0.717) is 17.0 Å². The van der Waals surface area contributed by atoms with Crippen LogP contribution >= 0.6 is 12.2 Å². The number of methoxy groups -OCH3 is 1. The summed E-state index contributed by atoms with van der Waals surface area (Å²) in [6.07, 6.45) is -3.74. The highest BCUT2D eigenvalue weighted by Crippen LogP contribution is 2.44. The van der Waals surface area contributed by atoms with Gasteiger partial charge in [-0.25, -0.2) is 4.68 Å². The van der Waals surface area contributed by atoms with Gasteiger partial charge in [-0.2, -0.15) is 18.3 Å². The second-order valence-corrected chi connectivity index (χ2v) is 8.42. The van der Waals surface area contributed by atoms with Gasteiger partial charge in [0.05, 0.1) is 19.3 Å². The van der Waals surface area contributed by atoms with Gasteiger partial charge in [-0.15, -0.1) is 0 Å². The molecule has 0 fully saturated rings. The van der Waals surface area contributed by atoms with Crippen LogP contribution < -0.4 is 26.2 Å². The van der Waals surface area contributed by atoms with Crippen molar-refractivity contribution < 1.29 is 22.7 Å². The van der Waals surface area contributed by atoms with Gasteiger partial charge in [-0.1, -0.05) is 29.8 Å². The molecule has 1 aromatic heterocycles. The van der Waals surface area contributed by atoms with Crippen LogP contribution in [0.2, 0.25) is 0 Å². The molecule has 12 heteroatoms. The summed E-state index contributed by atoms with van der Waals surface area (Å²) in [5.74, 6) is -0.137. The number of carbonyl (C=O) groups excluding carboxylic acids is 1. The van der Waals surface area contributed by atoms with E-state index in [1.165, 1.54) is 7.11 Å². The summed E-state index contributed by atoms with van der Waals surface area (Å²) in [5, 5.41) is 9.92. The Bertz CT molecular complexity index is 1210. The summed E-state index contributed by atoms with van der Waals surface area (Å²) in [6, 6.07) is 11.6. The van der Waals surface area contributed by atoms with Gasteiger partial charge in [-0.05, 0) is 49.0 Å². The van der Waals surface area contributed by atoms with Crippen LogP contribution in [0.3, 0.4) is 0 Å². The van der Waals surface area contributed by atoms with E-state index in [4.69, 9.17) is 17.0 Å². The third-order valence-corrected chi connectivity index (χ3v) is 5.80. The lowest BCUT2D eigenvalue weighted by molar-refractivity contribution is -0.173. The van der Waals surface area contributed by atoms with Crippen molar-refractivity contribution in [2.75, 3.05) is 17.7 Å². The van der Waals surface area contributed by atoms with Crippen LogP contribution in [-0.2, 0) is 0 Å². The maximum atomic E-state index is 13.9. The zero-order chi connectivity index (χ0) is 25.2. The number of alkyl halides is 3. The number of nitrogens with one attached hydrogen (secondary N) is 4. The molecule has 0 radical (unpaired) electrons. The Morgan fingerprint density at radius 2 is 1.83 bits per heavy atom. The summed E-state index contributed by atoms with van der Waals surface area (Å²) >= 11 is 5.18. The fraction of sp³-hybridized carbons (Fsp3) is 0.261. The Kier molecular flexibility index (Phi) is 6.83. The molecular formula is C23H23F3N6O2S. The topological polar surface area (TPSA) is 92.2 Å². The molecule has 3 aromatic rings. The lowest BCUT2D eigenvalue weighted by atomic mass is 9.96. The predicted molar refractivity (Wildman–Crippen MR) is 129 cm³/mol. The largest absolute Gasteiger partial charge is 0.497 e. The molecule has 2 heterocycles. The molecule has 35 heavy (non-hydrogen) atoms. The van der Waals surface area contributed by atoms with Crippen LogP contribution in [-0.4, -0.2) is 34.1 Å². The number of fused-ring (bicyclic) bond motifs is 1. The number of aryl methyl sites for hydroxylation is 1. The van der Waals surface area contributed by atoms with E-state index in [2.05, 4.69) is 26.6 Å². The van der Waals surface area contributed by atoms with Crippen LogP contribution in [0, 0.1) is 6.92 Å². The summed E-state index contributed by atoms with van der Waals surface area (Å²) < 4.78 is 47.6. The fourth-order valence-corrected chi connectivity index (χ4v) is 3.93. The molecule has 8 nitrogen and oxygen atoms in total. The fourth-order valence-electron chi connectivity index (χ4n) is 3.76. The molecular weight excluding hydrogens is 481 g/mol. The number of hydrazine groups is 1. The molecule has 1 aliphatic heterocycles. The van der Waals surface area contributed by atoms with Gasteiger partial charge >= 0.3 is 6.18 Å². The van der Waals surface area contributed by atoms with E-state index in [1.54, 1.807) is 24.3 Å². The third-order valence-electron chi connectivity index (χ3n) is 5.60. The number of nitrogens with zero attached hydrogens (tertiary/aromatic N) is 2. The number of thiocarbonyl (C=S) groups is 1. The highest BCUT2D eigenvalue weighted by molar-refractivity contribution is 7.80. The molecule has 1 amide bonds. The monoisotopic (exact) mass is 504 g/mol. The third kappa shape index (κ3) is 5.48. The van der Waals surface area contributed by atoms with Crippen molar-refractivity contribution in [3.8, 4) is 5.75 Å². The Hall–Kier alpha value is -3.80. The SMILES string of the molecule is COc1ccc([C@H]2C[C@H](C(F)(F)F)n3ncc(C(=O)NNC(=S)Nc4ccc(C)cc4)c3N2)cc1. The second-order valence-electron chi connectivity index (χ2n) is 8.01. The van der Waals surface area contributed by atoms with Crippen LogP contribution in [0.15, 0.2) is 54.7 Å². The number of hydrogen-bond acceptors (Lipinski definition) is 5. The molecule has 184 valence electrons. The molecule has 4 N–H and O–H groups in total. The smallest absolute Gasteiger partial charge is 0.410 e. The quantitative estimate of drug-likeness (QED) is 0.307. The van der Waals surface area contributed by atoms with Gasteiger partial charge in [0.25, 0.3) is 5.91 Å². The molecule has 1 aliphatic rings. The number of rotatable bonds is 4. The van der Waals surface area contributed by atoms with Crippen LogP contribution in [0.4, 0.5) is 24.7 Å². The maximum absolute atomic E-state index is 13.9. The number of anilines is 2. The first kappa shape index (κ1) is 24.3. The lowest BCUT2D eigenvalue weighted by Crippen LogP contribution is -2.44. The van der Waals surface area contributed by atoms with Crippen molar-refractivity contribution in [1.82, 2.24) is 20.6 Å². The first-order valence-corrected chi connectivity index (χ1v) is 11.0. The van der Waals surface area contributed by atoms with Crippen molar-refractivity contribution in [2.45, 2.75) is 31.6 Å². The first-order valence-electron chi connectivity index (χ1n) is 10.6. The number of halogens is 3. The minimum Gasteiger partial charge on any atom is -0.497 e. The maximum Gasteiger partial charge on any atom is 0.410 e. The van der Waals surface area contributed by atoms with Crippen molar-refractivity contribution in [3.63, 3.8) is 0 Å². The first-order chi connectivity index (χ1) is 16.7. The van der Waals surface area contributed by atoms with Gasteiger partial charge in [-0.3, -0.25) is 15.6 Å². The highest BCUT2D eigenvalue weighted by atomic mass is 32.1. The molecule has 4 rings (SSSR count). The summed E-state index contributed by atoms with van der Waals surface area (Å²) in [4.78, 5) is 12.8. The standard InChI is InChI=1S/C23H23F3N6O2S/c1-13-3-7-15(8-4-13)28-22(35)31-30-21(33)17-12-27-32-19(23(24,25)26)11-18(29-20(17)32)14-5-9-16(34-2)10-6-14/h3-10,12,18-19,29H,11H2,1-2H3,(H,30,33)(H2,28,31,35)/t18-,19-/m1/s1. The number of benzene rings is 2. The zero-order valence-electron chi connectivity index (χ0n) is 18.8. The number of carbonyl (C=O) groups is 1. The van der Waals surface area contributed by atoms with Gasteiger partial charge < -0.3 is 15.4 Å². The minimum absolute atomic E-state index is 0.0314. The van der Waals surface area contributed by atoms with E-state index in [0.717, 1.165) is 16.4 Å². The number of amides is 1. The van der Waals surface area contributed by atoms with Crippen molar-refractivity contribution >= 4 is 34.7 Å². The zero-order valence-corrected chi connectivity index (χ0v) is 19.6. The van der Waals surface area contributed by atoms with E-state index in [-0.39, 0.29) is 22.9 Å². The molecule has 0 aliphatic carbocycles. The number of hydrogen-bond donors (Lipinski definition) is 4. The Balaban J connectivity index is 1.51. The summed E-state index contributed by atoms with van der Waals surface area (Å²) in [5.41, 5.74) is 7.32. The van der Waals surface area contributed by atoms with Gasteiger partial charge in [0.1, 0.15) is 17.1 Å². The molecule has 0 unspecified atom stereocenters. The van der Waals surface area contributed by atoms with Gasteiger partial charge in [0.2, 0.25) is 0 Å². The van der Waals surface area contributed by atoms with Gasteiger partial charge in [0, 0.05) is 12.1 Å². The summed E-state index contributed by atoms with van der Waals surface area (Å²) in [7, 11) is 1.51. The molecule has 2 atom stereocenters. The lowest BCUT2D eigenvalue weighted by Gasteiger charge is -2.34. The van der Waals surface area contributed by atoms with E-state index in [9.17, 15) is 18.0 Å². The molecule has 0 saturated heterocycles. The van der Waals surface area contributed by atoms with Crippen molar-refractivity contribution in [2.24, 2.45) is 0 Å². The Morgan fingerprint density at radius 1 is 1.14 bits per heavy atom. The van der Waals surface area contributed by atoms with Crippen molar-refractivity contribution in [3.05, 3.63) is 71.4 Å². The number of ether oxygens (including phenoxy) is 1. The molecule has 2 aromatic carbocycles. The second kappa shape index (κ2) is 9.82. The van der Waals surface area contributed by atoms with Crippen molar-refractivity contribution in [1.29, 1.82) is 0 Å². The summed E-state index contributed by atoms with van der Waals surface area (Å²) in [6.45, 7) is 1.95. The van der Waals surface area contributed by atoms with E-state index < -0.39 is 24.2 Å². The van der Waals surface area contributed by atoms with Crippen LogP contribution in [0.1, 0.15) is 40.0 Å². The van der Waals surface area contributed by atoms with Gasteiger partial charge in [0.15, 0.2) is 11.2 Å². The van der Waals surface area contributed by atoms with E-state index >= 15 is 0 Å². The van der Waals surface area contributed by atoms with Crippen LogP contribution in [0.5, 0.6) is 5.75 Å². The van der Waals surface area contributed by atoms with Crippen LogP contribution in [0.25, 0.3) is 0 Å². The minimum atomic E-state index is -4.56. The Labute approximate surface area is 204 Å².